The lowest BCUT2D eigenvalue weighted by atomic mass is 10.0. The Labute approximate surface area is 128 Å². The minimum absolute atomic E-state index is 0.444. The molecule has 0 aliphatic carbocycles. The van der Waals surface area contributed by atoms with Crippen LogP contribution in [0.5, 0.6) is 0 Å². The van der Waals surface area contributed by atoms with E-state index in [2.05, 4.69) is 70.8 Å². The maximum absolute atomic E-state index is 3.65. The molecular formula is C16H20BrNS. The maximum atomic E-state index is 3.65. The number of rotatable bonds is 6. The van der Waals surface area contributed by atoms with Gasteiger partial charge in [0.2, 0.25) is 0 Å². The van der Waals surface area contributed by atoms with Crippen molar-refractivity contribution in [1.82, 2.24) is 5.32 Å². The van der Waals surface area contributed by atoms with Gasteiger partial charge in [0.15, 0.2) is 0 Å². The van der Waals surface area contributed by atoms with Gasteiger partial charge in [-0.25, -0.2) is 0 Å². The van der Waals surface area contributed by atoms with Crippen molar-refractivity contribution in [3.63, 3.8) is 0 Å². The van der Waals surface area contributed by atoms with E-state index in [0.29, 0.717) is 6.04 Å². The van der Waals surface area contributed by atoms with Crippen molar-refractivity contribution >= 4 is 27.3 Å². The number of nitrogens with one attached hydrogen (secondary N) is 1. The van der Waals surface area contributed by atoms with Gasteiger partial charge in [-0.1, -0.05) is 36.8 Å². The van der Waals surface area contributed by atoms with Crippen LogP contribution in [0.3, 0.4) is 0 Å². The first-order chi connectivity index (χ1) is 9.20. The van der Waals surface area contributed by atoms with Crippen LogP contribution in [0.25, 0.3) is 0 Å². The van der Waals surface area contributed by atoms with Gasteiger partial charge in [0, 0.05) is 15.4 Å². The first-order valence-electron chi connectivity index (χ1n) is 6.72. The zero-order valence-corrected chi connectivity index (χ0v) is 13.9. The summed E-state index contributed by atoms with van der Waals surface area (Å²) in [4.78, 5) is 1.41. The molecule has 2 rings (SSSR count). The van der Waals surface area contributed by atoms with Crippen molar-refractivity contribution in [2.75, 3.05) is 6.54 Å². The van der Waals surface area contributed by atoms with Gasteiger partial charge in [0.25, 0.3) is 0 Å². The van der Waals surface area contributed by atoms with Gasteiger partial charge < -0.3 is 5.32 Å². The van der Waals surface area contributed by atoms with Crippen LogP contribution in [0.4, 0.5) is 0 Å². The topological polar surface area (TPSA) is 12.0 Å². The molecule has 0 radical (unpaired) electrons. The molecule has 1 heterocycles. The van der Waals surface area contributed by atoms with E-state index in [9.17, 15) is 0 Å². The monoisotopic (exact) mass is 337 g/mol. The van der Waals surface area contributed by atoms with Gasteiger partial charge in [0.1, 0.15) is 0 Å². The smallest absolute Gasteiger partial charge is 0.0429 e. The Morgan fingerprint density at radius 3 is 2.79 bits per heavy atom. The summed E-state index contributed by atoms with van der Waals surface area (Å²) < 4.78 is 1.23. The Morgan fingerprint density at radius 1 is 1.32 bits per heavy atom. The highest BCUT2D eigenvalue weighted by Crippen LogP contribution is 2.31. The third kappa shape index (κ3) is 4.16. The van der Waals surface area contributed by atoms with E-state index < -0.39 is 0 Å². The van der Waals surface area contributed by atoms with Crippen LogP contribution in [0.15, 0.2) is 40.2 Å². The first kappa shape index (κ1) is 14.8. The second-order valence-electron chi connectivity index (χ2n) is 4.77. The molecular weight excluding hydrogens is 318 g/mol. The van der Waals surface area contributed by atoms with E-state index in [1.807, 2.05) is 11.3 Å². The standard InChI is InChI=1S/C16H20BrNS/c1-3-18-15(16-14(17)9-10-19-16)8-7-13-6-4-5-12(2)11-13/h4-6,9-11,15,18H,3,7-8H2,1-2H3. The average Bonchev–Trinajstić information content (AvgIpc) is 2.81. The molecule has 1 aromatic heterocycles. The average molecular weight is 338 g/mol. The van der Waals surface area contributed by atoms with Crippen molar-refractivity contribution in [2.45, 2.75) is 32.7 Å². The molecule has 1 nitrogen and oxygen atoms in total. The van der Waals surface area contributed by atoms with Crippen LogP contribution < -0.4 is 5.32 Å². The Balaban J connectivity index is 2.04. The molecule has 0 bridgehead atoms. The fourth-order valence-corrected chi connectivity index (χ4v) is 4.07. The van der Waals surface area contributed by atoms with Crippen LogP contribution in [0, 0.1) is 6.92 Å². The van der Waals surface area contributed by atoms with Crippen molar-refractivity contribution in [3.05, 3.63) is 56.2 Å². The zero-order chi connectivity index (χ0) is 13.7. The molecule has 1 aromatic carbocycles. The minimum atomic E-state index is 0.444. The van der Waals surface area contributed by atoms with Crippen molar-refractivity contribution in [1.29, 1.82) is 0 Å². The Kier molecular flexibility index (Phi) is 5.61. The van der Waals surface area contributed by atoms with E-state index in [-0.39, 0.29) is 0 Å². The molecule has 0 aliphatic heterocycles. The van der Waals surface area contributed by atoms with E-state index in [1.54, 1.807) is 0 Å². The van der Waals surface area contributed by atoms with Crippen LogP contribution in [-0.2, 0) is 6.42 Å². The van der Waals surface area contributed by atoms with Crippen LogP contribution in [0.2, 0.25) is 0 Å². The van der Waals surface area contributed by atoms with Crippen LogP contribution >= 0.6 is 27.3 Å². The van der Waals surface area contributed by atoms with Crippen molar-refractivity contribution < 1.29 is 0 Å². The first-order valence-corrected chi connectivity index (χ1v) is 8.39. The second-order valence-corrected chi connectivity index (χ2v) is 6.57. The van der Waals surface area contributed by atoms with E-state index in [4.69, 9.17) is 0 Å². The molecule has 102 valence electrons. The molecule has 1 unspecified atom stereocenters. The summed E-state index contributed by atoms with van der Waals surface area (Å²) in [6, 6.07) is 11.4. The molecule has 0 spiro atoms. The summed E-state index contributed by atoms with van der Waals surface area (Å²) in [5, 5.41) is 5.74. The fraction of sp³-hybridized carbons (Fsp3) is 0.375. The summed E-state index contributed by atoms with van der Waals surface area (Å²) in [5.74, 6) is 0. The third-order valence-electron chi connectivity index (χ3n) is 3.22. The molecule has 0 fully saturated rings. The summed E-state index contributed by atoms with van der Waals surface area (Å²) in [6.07, 6.45) is 2.25. The van der Waals surface area contributed by atoms with Gasteiger partial charge in [-0.3, -0.25) is 0 Å². The van der Waals surface area contributed by atoms with Gasteiger partial charge in [-0.05, 0) is 59.2 Å². The highest BCUT2D eigenvalue weighted by molar-refractivity contribution is 9.10. The largest absolute Gasteiger partial charge is 0.309 e. The number of hydrogen-bond acceptors (Lipinski definition) is 2. The molecule has 0 aliphatic rings. The predicted octanol–water partition coefficient (Wildman–Crippen LogP) is 5.10. The van der Waals surface area contributed by atoms with Crippen LogP contribution in [0.1, 0.15) is 35.4 Å². The lowest BCUT2D eigenvalue weighted by Gasteiger charge is -2.17. The molecule has 0 saturated carbocycles. The normalized spacial score (nSPS) is 12.6. The van der Waals surface area contributed by atoms with Gasteiger partial charge in [-0.15, -0.1) is 11.3 Å². The molecule has 1 atom stereocenters. The van der Waals surface area contributed by atoms with Gasteiger partial charge in [0.05, 0.1) is 0 Å². The quantitative estimate of drug-likeness (QED) is 0.772. The SMILES string of the molecule is CCNC(CCc1cccc(C)c1)c1sccc1Br. The highest BCUT2D eigenvalue weighted by atomic mass is 79.9. The number of aryl methyl sites for hydroxylation is 2. The van der Waals surface area contributed by atoms with E-state index >= 15 is 0 Å². The van der Waals surface area contributed by atoms with Crippen molar-refractivity contribution in [2.24, 2.45) is 0 Å². The lowest BCUT2D eigenvalue weighted by molar-refractivity contribution is 0.521. The van der Waals surface area contributed by atoms with Crippen LogP contribution in [-0.4, -0.2) is 6.54 Å². The number of thiophene rings is 1. The molecule has 1 N–H and O–H groups in total. The summed E-state index contributed by atoms with van der Waals surface area (Å²) in [6.45, 7) is 5.32. The van der Waals surface area contributed by atoms with E-state index in [1.165, 1.54) is 20.5 Å². The number of benzene rings is 1. The van der Waals surface area contributed by atoms with Crippen molar-refractivity contribution in [3.8, 4) is 0 Å². The summed E-state index contributed by atoms with van der Waals surface area (Å²) in [7, 11) is 0. The minimum Gasteiger partial charge on any atom is -0.309 e. The lowest BCUT2D eigenvalue weighted by Crippen LogP contribution is -2.20. The molecule has 3 heteroatoms. The number of halogens is 1. The molecule has 19 heavy (non-hydrogen) atoms. The summed E-state index contributed by atoms with van der Waals surface area (Å²) >= 11 is 5.47. The maximum Gasteiger partial charge on any atom is 0.0429 e. The summed E-state index contributed by atoms with van der Waals surface area (Å²) in [5.41, 5.74) is 2.77. The molecule has 0 saturated heterocycles. The molecule has 0 amide bonds. The Morgan fingerprint density at radius 2 is 2.16 bits per heavy atom. The predicted molar refractivity (Wildman–Crippen MR) is 87.9 cm³/mol. The number of hydrogen-bond donors (Lipinski definition) is 1. The fourth-order valence-electron chi connectivity index (χ4n) is 2.30. The highest BCUT2D eigenvalue weighted by Gasteiger charge is 2.14. The van der Waals surface area contributed by atoms with Gasteiger partial charge >= 0.3 is 0 Å². The Hall–Kier alpha value is -0.640. The van der Waals surface area contributed by atoms with Gasteiger partial charge in [-0.2, -0.15) is 0 Å². The van der Waals surface area contributed by atoms with E-state index in [0.717, 1.165) is 19.4 Å². The Bertz CT molecular complexity index is 521. The zero-order valence-electron chi connectivity index (χ0n) is 11.4. The molecule has 2 aromatic rings. The third-order valence-corrected chi connectivity index (χ3v) is 5.20. The second kappa shape index (κ2) is 7.22.